The largest absolute Gasteiger partial charge is 0.376 e. The molecule has 0 heterocycles. The number of halogens is 7. The minimum Gasteiger partial charge on any atom is -0.376 e. The molecule has 0 saturated carbocycles. The van der Waals surface area contributed by atoms with Crippen molar-refractivity contribution in [2.24, 2.45) is 0 Å². The molecule has 0 atom stereocenters. The van der Waals surface area contributed by atoms with E-state index in [0.717, 1.165) is 0 Å². The van der Waals surface area contributed by atoms with Gasteiger partial charge in [0.25, 0.3) is 0 Å². The van der Waals surface area contributed by atoms with E-state index in [9.17, 15) is 22.0 Å². The van der Waals surface area contributed by atoms with Gasteiger partial charge in [0.05, 0.1) is 10.0 Å². The number of hydrogen-bond donors (Lipinski definition) is 1. The maximum Gasteiger partial charge on any atom is 0.200 e. The van der Waals surface area contributed by atoms with Gasteiger partial charge in [0.2, 0.25) is 5.82 Å². The molecule has 0 amide bonds. The number of rotatable bonds is 3. The molecule has 0 aliphatic carbocycles. The molecular weight excluding hydrogens is 336 g/mol. The molecule has 0 radical (unpaired) electrons. The number of hydrogen-bond acceptors (Lipinski definition) is 1. The van der Waals surface area contributed by atoms with Gasteiger partial charge in [0.15, 0.2) is 23.3 Å². The van der Waals surface area contributed by atoms with Gasteiger partial charge < -0.3 is 5.32 Å². The molecule has 2 rings (SSSR count). The van der Waals surface area contributed by atoms with Crippen LogP contribution in [0.25, 0.3) is 0 Å². The molecule has 0 aliphatic rings. The van der Waals surface area contributed by atoms with Crippen molar-refractivity contribution < 1.29 is 22.0 Å². The quantitative estimate of drug-likeness (QED) is 0.453. The Morgan fingerprint density at radius 1 is 0.810 bits per heavy atom. The van der Waals surface area contributed by atoms with E-state index in [1.807, 2.05) is 0 Å². The molecule has 2 aromatic rings. The fraction of sp³-hybridized carbons (Fsp3) is 0.0769. The molecule has 0 aliphatic heterocycles. The summed E-state index contributed by atoms with van der Waals surface area (Å²) < 4.78 is 65.8. The molecule has 0 unspecified atom stereocenters. The first-order valence-corrected chi connectivity index (χ1v) is 6.28. The molecule has 1 nitrogen and oxygen atoms in total. The van der Waals surface area contributed by atoms with Crippen molar-refractivity contribution in [1.82, 2.24) is 0 Å². The summed E-state index contributed by atoms with van der Waals surface area (Å²) in [4.78, 5) is 0. The van der Waals surface area contributed by atoms with Gasteiger partial charge >= 0.3 is 0 Å². The van der Waals surface area contributed by atoms with Gasteiger partial charge in [0, 0.05) is 6.54 Å². The summed E-state index contributed by atoms with van der Waals surface area (Å²) in [5.74, 6) is -10.1. The van der Waals surface area contributed by atoms with Crippen LogP contribution in [0.4, 0.5) is 27.6 Å². The van der Waals surface area contributed by atoms with Gasteiger partial charge in [-0.25, -0.2) is 22.0 Å². The highest BCUT2D eigenvalue weighted by molar-refractivity contribution is 6.42. The third-order valence-electron chi connectivity index (χ3n) is 2.70. The Bertz CT molecular complexity index is 676. The lowest BCUT2D eigenvalue weighted by Gasteiger charge is -2.12. The second-order valence-corrected chi connectivity index (χ2v) is 4.80. The Morgan fingerprint density at radius 3 is 1.90 bits per heavy atom. The van der Waals surface area contributed by atoms with Gasteiger partial charge in [-0.05, 0) is 11.6 Å². The zero-order chi connectivity index (χ0) is 15.7. The predicted molar refractivity (Wildman–Crippen MR) is 70.0 cm³/mol. The normalized spacial score (nSPS) is 10.8. The van der Waals surface area contributed by atoms with Gasteiger partial charge in [0.1, 0.15) is 5.69 Å². The second kappa shape index (κ2) is 6.07. The lowest BCUT2D eigenvalue weighted by atomic mass is 10.2. The fourth-order valence-corrected chi connectivity index (χ4v) is 2.02. The lowest BCUT2D eigenvalue weighted by molar-refractivity contribution is 0.381. The third-order valence-corrected chi connectivity index (χ3v) is 3.56. The first-order chi connectivity index (χ1) is 9.84. The molecule has 0 spiro atoms. The van der Waals surface area contributed by atoms with Crippen LogP contribution < -0.4 is 5.32 Å². The zero-order valence-electron chi connectivity index (χ0n) is 10.1. The summed E-state index contributed by atoms with van der Waals surface area (Å²) in [6, 6.07) is 4.52. The molecule has 0 aromatic heterocycles. The highest BCUT2D eigenvalue weighted by Crippen LogP contribution is 2.29. The maximum atomic E-state index is 13.4. The number of benzene rings is 2. The van der Waals surface area contributed by atoms with E-state index >= 15 is 0 Å². The van der Waals surface area contributed by atoms with Gasteiger partial charge in [-0.15, -0.1) is 0 Å². The van der Waals surface area contributed by atoms with Gasteiger partial charge in [-0.2, -0.15) is 0 Å². The van der Waals surface area contributed by atoms with E-state index in [-0.39, 0.29) is 16.6 Å². The average molecular weight is 342 g/mol. The van der Waals surface area contributed by atoms with Crippen LogP contribution in [0.5, 0.6) is 0 Å². The zero-order valence-corrected chi connectivity index (χ0v) is 11.6. The van der Waals surface area contributed by atoms with E-state index in [0.29, 0.717) is 5.56 Å². The van der Waals surface area contributed by atoms with Crippen LogP contribution in [-0.4, -0.2) is 0 Å². The average Bonchev–Trinajstić information content (AvgIpc) is 2.47. The van der Waals surface area contributed by atoms with E-state index < -0.39 is 34.8 Å². The number of nitrogens with one attached hydrogen (secondary N) is 1. The van der Waals surface area contributed by atoms with Crippen LogP contribution >= 0.6 is 23.2 Å². The van der Waals surface area contributed by atoms with Crippen molar-refractivity contribution in [3.8, 4) is 0 Å². The van der Waals surface area contributed by atoms with E-state index in [4.69, 9.17) is 23.2 Å². The molecule has 2 aromatic carbocycles. The molecule has 112 valence electrons. The highest BCUT2D eigenvalue weighted by atomic mass is 35.5. The number of anilines is 1. The van der Waals surface area contributed by atoms with Crippen molar-refractivity contribution >= 4 is 28.9 Å². The molecule has 1 N–H and O–H groups in total. The van der Waals surface area contributed by atoms with Crippen LogP contribution in [-0.2, 0) is 6.54 Å². The summed E-state index contributed by atoms with van der Waals surface area (Å²) in [5.41, 5.74) is -0.782. The standard InChI is InChI=1S/C13H6Cl2F5N/c14-6-3-1-2-5(7(6)15)4-21-13-11(19)9(17)8(16)10(18)12(13)20/h1-3,21H,4H2. The third kappa shape index (κ3) is 2.91. The first-order valence-electron chi connectivity index (χ1n) is 5.52. The van der Waals surface area contributed by atoms with Crippen molar-refractivity contribution in [3.63, 3.8) is 0 Å². The Kier molecular flexibility index (Phi) is 4.58. The van der Waals surface area contributed by atoms with Crippen LogP contribution in [0.2, 0.25) is 10.0 Å². The smallest absolute Gasteiger partial charge is 0.200 e. The van der Waals surface area contributed by atoms with Crippen molar-refractivity contribution in [1.29, 1.82) is 0 Å². The predicted octanol–water partition coefficient (Wildman–Crippen LogP) is 5.30. The molecular formula is C13H6Cl2F5N. The second-order valence-electron chi connectivity index (χ2n) is 4.01. The SMILES string of the molecule is Fc1c(F)c(F)c(NCc2cccc(Cl)c2Cl)c(F)c1F. The molecule has 0 bridgehead atoms. The Morgan fingerprint density at radius 2 is 1.33 bits per heavy atom. The first kappa shape index (κ1) is 15.9. The highest BCUT2D eigenvalue weighted by Gasteiger charge is 2.25. The van der Waals surface area contributed by atoms with Crippen LogP contribution in [0, 0.1) is 29.1 Å². The molecule has 0 fully saturated rings. The Balaban J connectivity index is 2.35. The van der Waals surface area contributed by atoms with Crippen LogP contribution in [0.15, 0.2) is 18.2 Å². The van der Waals surface area contributed by atoms with Crippen LogP contribution in [0.1, 0.15) is 5.56 Å². The molecule has 8 heteroatoms. The molecule has 0 saturated heterocycles. The fourth-order valence-electron chi connectivity index (χ4n) is 1.63. The van der Waals surface area contributed by atoms with Gasteiger partial charge in [-0.1, -0.05) is 35.3 Å². The maximum absolute atomic E-state index is 13.4. The van der Waals surface area contributed by atoms with Crippen LogP contribution in [0.3, 0.4) is 0 Å². The summed E-state index contributed by atoms with van der Waals surface area (Å²) in [6.07, 6.45) is 0. The van der Waals surface area contributed by atoms with Crippen molar-refractivity contribution in [3.05, 3.63) is 62.9 Å². The summed E-state index contributed by atoms with van der Waals surface area (Å²) in [6.45, 7) is -0.266. The lowest BCUT2D eigenvalue weighted by Crippen LogP contribution is -2.10. The van der Waals surface area contributed by atoms with E-state index in [1.165, 1.54) is 18.2 Å². The summed E-state index contributed by atoms with van der Waals surface area (Å²) in [7, 11) is 0. The Hall–Kier alpha value is -1.53. The summed E-state index contributed by atoms with van der Waals surface area (Å²) >= 11 is 11.6. The minimum absolute atomic E-state index is 0.121. The monoisotopic (exact) mass is 341 g/mol. The van der Waals surface area contributed by atoms with Crippen molar-refractivity contribution in [2.45, 2.75) is 6.54 Å². The Labute approximate surface area is 126 Å². The minimum atomic E-state index is -2.21. The van der Waals surface area contributed by atoms with E-state index in [2.05, 4.69) is 5.32 Å². The van der Waals surface area contributed by atoms with Gasteiger partial charge in [-0.3, -0.25) is 0 Å². The van der Waals surface area contributed by atoms with Crippen molar-refractivity contribution in [2.75, 3.05) is 5.32 Å². The van der Waals surface area contributed by atoms with E-state index in [1.54, 1.807) is 0 Å². The topological polar surface area (TPSA) is 12.0 Å². The molecule has 21 heavy (non-hydrogen) atoms. The summed E-state index contributed by atoms with van der Waals surface area (Å²) in [5, 5.41) is 2.46.